The molecule has 1 aliphatic rings. The number of ether oxygens (including phenoxy) is 1. The van der Waals surface area contributed by atoms with Crippen LogP contribution >= 0.6 is 0 Å². The first-order valence-corrected chi connectivity index (χ1v) is 11.6. The van der Waals surface area contributed by atoms with Gasteiger partial charge in [0.05, 0.1) is 24.4 Å². The fourth-order valence-corrected chi connectivity index (χ4v) is 4.03. The number of hydrogen-bond acceptors (Lipinski definition) is 7. The molecule has 180 valence electrons. The Kier molecular flexibility index (Phi) is 5.94. The van der Waals surface area contributed by atoms with Crippen LogP contribution in [0.3, 0.4) is 0 Å². The molecule has 0 unspecified atom stereocenters. The van der Waals surface area contributed by atoms with E-state index < -0.39 is 5.91 Å². The number of carbonyl (C=O) groups excluding carboxylic acids is 1. The van der Waals surface area contributed by atoms with E-state index in [0.29, 0.717) is 19.0 Å². The lowest BCUT2D eigenvalue weighted by atomic mass is 9.96. The molecule has 9 heteroatoms. The largest absolute Gasteiger partial charge is 0.377 e. The summed E-state index contributed by atoms with van der Waals surface area (Å²) in [6, 6.07) is 8.23. The minimum Gasteiger partial charge on any atom is -0.377 e. The second-order valence-electron chi connectivity index (χ2n) is 9.72. The van der Waals surface area contributed by atoms with Crippen LogP contribution in [0, 0.1) is 6.92 Å². The minimum absolute atomic E-state index is 0.0312. The van der Waals surface area contributed by atoms with E-state index in [1.807, 2.05) is 50.5 Å². The Hall–Kier alpha value is -3.85. The zero-order valence-corrected chi connectivity index (χ0v) is 20.3. The van der Waals surface area contributed by atoms with Gasteiger partial charge in [-0.1, -0.05) is 44.1 Å². The molecule has 0 atom stereocenters. The summed E-state index contributed by atoms with van der Waals surface area (Å²) in [4.78, 5) is 21.3. The highest BCUT2D eigenvalue weighted by molar-refractivity contribution is 5.89. The van der Waals surface area contributed by atoms with Gasteiger partial charge in [-0.25, -0.2) is 9.50 Å². The molecule has 0 aliphatic carbocycles. The van der Waals surface area contributed by atoms with Crippen molar-refractivity contribution in [3.05, 3.63) is 71.3 Å². The van der Waals surface area contributed by atoms with E-state index in [1.165, 1.54) is 5.57 Å². The summed E-state index contributed by atoms with van der Waals surface area (Å²) >= 11 is 0. The monoisotopic (exact) mass is 472 g/mol. The standard InChI is InChI=1S/C26H28N6O3/c1-16-11-18(5-6-19(16)13-27-23(33)24-30-25(31-35-24)26(2,3)4)22-21-12-20(14-32(21)29-15-28-22)17-7-9-34-10-8-17/h5-7,11-12,14-15H,8-10,13H2,1-4H3,(H,27,33). The Morgan fingerprint density at radius 1 is 1.20 bits per heavy atom. The van der Waals surface area contributed by atoms with E-state index in [4.69, 9.17) is 9.26 Å². The average Bonchev–Trinajstić information content (AvgIpc) is 3.51. The molecule has 9 nitrogen and oxygen atoms in total. The number of nitrogens with zero attached hydrogens (tertiary/aromatic N) is 5. The molecule has 0 fully saturated rings. The van der Waals surface area contributed by atoms with Crippen LogP contribution in [-0.2, 0) is 16.7 Å². The Balaban J connectivity index is 1.34. The zero-order chi connectivity index (χ0) is 24.6. The van der Waals surface area contributed by atoms with Gasteiger partial charge in [-0.15, -0.1) is 0 Å². The third kappa shape index (κ3) is 4.72. The van der Waals surface area contributed by atoms with Gasteiger partial charge in [0.15, 0.2) is 5.82 Å². The molecule has 0 saturated carbocycles. The highest BCUT2D eigenvalue weighted by Crippen LogP contribution is 2.29. The maximum Gasteiger partial charge on any atom is 0.315 e. The van der Waals surface area contributed by atoms with E-state index in [1.54, 1.807) is 6.33 Å². The lowest BCUT2D eigenvalue weighted by Gasteiger charge is -2.11. The van der Waals surface area contributed by atoms with Crippen LogP contribution in [0.5, 0.6) is 0 Å². The molecule has 3 aromatic heterocycles. The van der Waals surface area contributed by atoms with Crippen molar-refractivity contribution in [1.29, 1.82) is 0 Å². The van der Waals surface area contributed by atoms with Crippen molar-refractivity contribution in [2.75, 3.05) is 13.2 Å². The van der Waals surface area contributed by atoms with Crippen molar-refractivity contribution in [2.45, 2.75) is 46.1 Å². The maximum absolute atomic E-state index is 12.5. The van der Waals surface area contributed by atoms with E-state index in [2.05, 4.69) is 43.7 Å². The topological polar surface area (TPSA) is 107 Å². The molecule has 5 rings (SSSR count). The van der Waals surface area contributed by atoms with Crippen LogP contribution < -0.4 is 5.32 Å². The number of rotatable bonds is 5. The highest BCUT2D eigenvalue weighted by atomic mass is 16.5. The van der Waals surface area contributed by atoms with Crippen LogP contribution in [0.4, 0.5) is 0 Å². The van der Waals surface area contributed by atoms with Crippen LogP contribution in [0.1, 0.15) is 60.4 Å². The van der Waals surface area contributed by atoms with Crippen molar-refractivity contribution >= 4 is 17.0 Å². The third-order valence-electron chi connectivity index (χ3n) is 6.09. The van der Waals surface area contributed by atoms with Gasteiger partial charge in [-0.2, -0.15) is 10.1 Å². The summed E-state index contributed by atoms with van der Waals surface area (Å²) in [7, 11) is 0. The van der Waals surface area contributed by atoms with Gasteiger partial charge >= 0.3 is 11.8 Å². The quantitative estimate of drug-likeness (QED) is 0.465. The summed E-state index contributed by atoms with van der Waals surface area (Å²) in [5.41, 5.74) is 6.95. The van der Waals surface area contributed by atoms with Gasteiger partial charge < -0.3 is 14.6 Å². The Labute approximate surface area is 203 Å². The molecular weight excluding hydrogens is 444 g/mol. The summed E-state index contributed by atoms with van der Waals surface area (Å²) in [5.74, 6) is 0.0781. The Bertz CT molecular complexity index is 1430. The molecule has 0 saturated heterocycles. The molecule has 0 spiro atoms. The molecular formula is C26H28N6O3. The first-order valence-electron chi connectivity index (χ1n) is 11.6. The molecule has 0 radical (unpaired) electrons. The number of benzene rings is 1. The summed E-state index contributed by atoms with van der Waals surface area (Å²) in [6.45, 7) is 9.64. The fourth-order valence-electron chi connectivity index (χ4n) is 4.03. The van der Waals surface area contributed by atoms with Gasteiger partial charge in [0.25, 0.3) is 0 Å². The predicted octanol–water partition coefficient (Wildman–Crippen LogP) is 4.12. The van der Waals surface area contributed by atoms with Gasteiger partial charge in [0.2, 0.25) is 0 Å². The van der Waals surface area contributed by atoms with Gasteiger partial charge in [0, 0.05) is 23.7 Å². The molecule has 0 bridgehead atoms. The van der Waals surface area contributed by atoms with Crippen LogP contribution in [0.2, 0.25) is 0 Å². The number of aromatic nitrogens is 5. The van der Waals surface area contributed by atoms with E-state index in [0.717, 1.165) is 46.5 Å². The SMILES string of the molecule is Cc1cc(-c2ncnn3cc(C4=CCOCC4)cc23)ccc1CNC(=O)c1nc(C(C)(C)C)no1. The van der Waals surface area contributed by atoms with Crippen LogP contribution in [-0.4, -0.2) is 43.9 Å². The van der Waals surface area contributed by atoms with Gasteiger partial charge in [-0.3, -0.25) is 4.79 Å². The van der Waals surface area contributed by atoms with E-state index in [-0.39, 0.29) is 11.3 Å². The molecule has 1 N–H and O–H groups in total. The van der Waals surface area contributed by atoms with Crippen molar-refractivity contribution in [2.24, 2.45) is 0 Å². The van der Waals surface area contributed by atoms with E-state index >= 15 is 0 Å². The average molecular weight is 473 g/mol. The summed E-state index contributed by atoms with van der Waals surface area (Å²) in [5, 5.41) is 11.2. The normalized spacial score (nSPS) is 14.2. The molecule has 4 aromatic rings. The highest BCUT2D eigenvalue weighted by Gasteiger charge is 2.23. The Morgan fingerprint density at radius 2 is 2.06 bits per heavy atom. The number of carbonyl (C=O) groups is 1. The molecule has 35 heavy (non-hydrogen) atoms. The summed E-state index contributed by atoms with van der Waals surface area (Å²) < 4.78 is 12.4. The molecule has 4 heterocycles. The molecule has 1 amide bonds. The van der Waals surface area contributed by atoms with Crippen LogP contribution in [0.25, 0.3) is 22.3 Å². The first kappa shape index (κ1) is 22.9. The fraction of sp³-hybridized carbons (Fsp3) is 0.346. The number of amides is 1. The third-order valence-corrected chi connectivity index (χ3v) is 6.09. The van der Waals surface area contributed by atoms with Gasteiger partial charge in [0.1, 0.15) is 6.33 Å². The first-order chi connectivity index (χ1) is 16.8. The second-order valence-corrected chi connectivity index (χ2v) is 9.72. The number of aryl methyl sites for hydroxylation is 1. The van der Waals surface area contributed by atoms with Crippen LogP contribution in [0.15, 0.2) is 47.4 Å². The minimum atomic E-state index is -0.392. The molecule has 1 aliphatic heterocycles. The summed E-state index contributed by atoms with van der Waals surface area (Å²) in [6.07, 6.45) is 6.62. The lowest BCUT2D eigenvalue weighted by Crippen LogP contribution is -2.24. The van der Waals surface area contributed by atoms with Crippen molar-refractivity contribution in [3.63, 3.8) is 0 Å². The van der Waals surface area contributed by atoms with Crippen molar-refractivity contribution in [1.82, 2.24) is 30.1 Å². The maximum atomic E-state index is 12.5. The second kappa shape index (κ2) is 9.07. The predicted molar refractivity (Wildman–Crippen MR) is 131 cm³/mol. The smallest absolute Gasteiger partial charge is 0.315 e. The number of fused-ring (bicyclic) bond motifs is 1. The molecule has 1 aromatic carbocycles. The number of hydrogen-bond donors (Lipinski definition) is 1. The Morgan fingerprint density at radius 3 is 2.77 bits per heavy atom. The number of nitrogens with one attached hydrogen (secondary N) is 1. The van der Waals surface area contributed by atoms with Crippen molar-refractivity contribution < 1.29 is 14.1 Å². The van der Waals surface area contributed by atoms with E-state index in [9.17, 15) is 4.79 Å². The van der Waals surface area contributed by atoms with Gasteiger partial charge in [-0.05, 0) is 47.7 Å². The zero-order valence-electron chi connectivity index (χ0n) is 20.3. The van der Waals surface area contributed by atoms with Crippen molar-refractivity contribution in [3.8, 4) is 11.3 Å². The lowest BCUT2D eigenvalue weighted by molar-refractivity contribution is 0.0907.